The summed E-state index contributed by atoms with van der Waals surface area (Å²) in [5.41, 5.74) is 2.53. The number of rotatable bonds is 6. The van der Waals surface area contributed by atoms with Gasteiger partial charge in [-0.05, 0) is 30.9 Å². The number of carbonyl (C=O) groups excluding carboxylic acids is 1. The molecule has 1 amide bonds. The molecule has 1 fully saturated rings. The average Bonchev–Trinajstić information content (AvgIpc) is 3.37. The third-order valence-electron chi connectivity index (χ3n) is 4.12. The SMILES string of the molecule is O=C(COCC1CC1)Nc1c(-c2ccccc2)nc2ccccn12. The molecule has 3 aromatic rings. The van der Waals surface area contributed by atoms with Crippen LogP contribution < -0.4 is 5.32 Å². The van der Waals surface area contributed by atoms with Crippen LogP contribution in [0.15, 0.2) is 54.7 Å². The van der Waals surface area contributed by atoms with Crippen molar-refractivity contribution in [3.05, 3.63) is 54.7 Å². The van der Waals surface area contributed by atoms with Gasteiger partial charge in [0.15, 0.2) is 0 Å². The predicted octanol–water partition coefficient (Wildman–Crippen LogP) is 3.37. The van der Waals surface area contributed by atoms with Gasteiger partial charge in [0.05, 0.1) is 6.61 Å². The summed E-state index contributed by atoms with van der Waals surface area (Å²) in [5.74, 6) is 1.17. The molecule has 2 aromatic heterocycles. The zero-order valence-corrected chi connectivity index (χ0v) is 13.3. The molecule has 1 N–H and O–H groups in total. The minimum Gasteiger partial charge on any atom is -0.371 e. The minimum atomic E-state index is -0.154. The Hall–Kier alpha value is -2.66. The Labute approximate surface area is 140 Å². The lowest BCUT2D eigenvalue weighted by Crippen LogP contribution is -2.20. The molecule has 1 aromatic carbocycles. The van der Waals surface area contributed by atoms with Crippen molar-refractivity contribution >= 4 is 17.4 Å². The fraction of sp³-hybridized carbons (Fsp3) is 0.263. The normalized spacial score (nSPS) is 14.0. The van der Waals surface area contributed by atoms with E-state index in [2.05, 4.69) is 10.3 Å². The molecule has 1 saturated carbocycles. The highest BCUT2D eigenvalue weighted by atomic mass is 16.5. The summed E-state index contributed by atoms with van der Waals surface area (Å²) in [5, 5.41) is 2.96. The van der Waals surface area contributed by atoms with E-state index >= 15 is 0 Å². The van der Waals surface area contributed by atoms with Crippen LogP contribution in [-0.2, 0) is 9.53 Å². The van der Waals surface area contributed by atoms with E-state index in [1.807, 2.05) is 59.1 Å². The van der Waals surface area contributed by atoms with E-state index in [1.54, 1.807) is 0 Å². The molecule has 0 atom stereocenters. The zero-order valence-electron chi connectivity index (χ0n) is 13.3. The van der Waals surface area contributed by atoms with Crippen LogP contribution in [0.2, 0.25) is 0 Å². The van der Waals surface area contributed by atoms with Gasteiger partial charge in [0.2, 0.25) is 0 Å². The highest BCUT2D eigenvalue weighted by Gasteiger charge is 2.22. The maximum absolute atomic E-state index is 12.3. The maximum atomic E-state index is 12.3. The molecule has 4 rings (SSSR count). The van der Waals surface area contributed by atoms with Crippen LogP contribution in [-0.4, -0.2) is 28.5 Å². The van der Waals surface area contributed by atoms with Crippen molar-refractivity contribution in [2.75, 3.05) is 18.5 Å². The van der Waals surface area contributed by atoms with Crippen molar-refractivity contribution in [3.63, 3.8) is 0 Å². The minimum absolute atomic E-state index is 0.0742. The van der Waals surface area contributed by atoms with E-state index in [-0.39, 0.29) is 12.5 Å². The van der Waals surface area contributed by atoms with E-state index in [1.165, 1.54) is 12.8 Å². The Bertz CT molecular complexity index is 853. The first kappa shape index (κ1) is 14.9. The van der Waals surface area contributed by atoms with Gasteiger partial charge in [0.25, 0.3) is 5.91 Å². The van der Waals surface area contributed by atoms with Crippen LogP contribution in [0.1, 0.15) is 12.8 Å². The van der Waals surface area contributed by atoms with Crippen LogP contribution in [0.5, 0.6) is 0 Å². The van der Waals surface area contributed by atoms with Crippen molar-refractivity contribution < 1.29 is 9.53 Å². The number of benzene rings is 1. The Kier molecular flexibility index (Phi) is 4.01. The van der Waals surface area contributed by atoms with Crippen LogP contribution >= 0.6 is 0 Å². The van der Waals surface area contributed by atoms with Gasteiger partial charge in [-0.15, -0.1) is 0 Å². The number of imidazole rings is 1. The molecule has 0 unspecified atom stereocenters. The number of amides is 1. The number of hydrogen-bond acceptors (Lipinski definition) is 3. The summed E-state index contributed by atoms with van der Waals surface area (Å²) in [6.07, 6.45) is 4.33. The third-order valence-corrected chi connectivity index (χ3v) is 4.12. The van der Waals surface area contributed by atoms with E-state index in [4.69, 9.17) is 4.74 Å². The number of hydrogen-bond donors (Lipinski definition) is 1. The number of anilines is 1. The fourth-order valence-electron chi connectivity index (χ4n) is 2.68. The van der Waals surface area contributed by atoms with Gasteiger partial charge in [-0.1, -0.05) is 36.4 Å². The summed E-state index contributed by atoms with van der Waals surface area (Å²) in [6, 6.07) is 15.6. The molecule has 24 heavy (non-hydrogen) atoms. The molecule has 0 bridgehead atoms. The quantitative estimate of drug-likeness (QED) is 0.757. The van der Waals surface area contributed by atoms with Crippen molar-refractivity contribution in [2.45, 2.75) is 12.8 Å². The molecule has 0 saturated heterocycles. The number of ether oxygens (including phenoxy) is 1. The van der Waals surface area contributed by atoms with E-state index in [0.717, 1.165) is 16.9 Å². The summed E-state index contributed by atoms with van der Waals surface area (Å²) < 4.78 is 7.37. The van der Waals surface area contributed by atoms with Crippen molar-refractivity contribution in [1.29, 1.82) is 0 Å². The molecular formula is C19H19N3O2. The second-order valence-electron chi connectivity index (χ2n) is 6.11. The van der Waals surface area contributed by atoms with Gasteiger partial charge in [-0.3, -0.25) is 9.20 Å². The summed E-state index contributed by atoms with van der Waals surface area (Å²) in [7, 11) is 0. The van der Waals surface area contributed by atoms with Crippen molar-refractivity contribution in [1.82, 2.24) is 9.38 Å². The number of nitrogens with zero attached hydrogens (tertiary/aromatic N) is 2. The van der Waals surface area contributed by atoms with Crippen LogP contribution in [0.4, 0.5) is 5.82 Å². The van der Waals surface area contributed by atoms with Crippen LogP contribution in [0.3, 0.4) is 0 Å². The summed E-state index contributed by atoms with van der Waals surface area (Å²) in [6.45, 7) is 0.747. The van der Waals surface area contributed by atoms with Crippen molar-refractivity contribution in [3.8, 4) is 11.3 Å². The highest BCUT2D eigenvalue weighted by Crippen LogP contribution is 2.29. The molecule has 0 aliphatic heterocycles. The number of carbonyl (C=O) groups is 1. The van der Waals surface area contributed by atoms with E-state index in [9.17, 15) is 4.79 Å². The second-order valence-corrected chi connectivity index (χ2v) is 6.11. The smallest absolute Gasteiger partial charge is 0.251 e. The lowest BCUT2D eigenvalue weighted by Gasteiger charge is -2.08. The second kappa shape index (κ2) is 6.45. The van der Waals surface area contributed by atoms with Gasteiger partial charge in [-0.2, -0.15) is 0 Å². The van der Waals surface area contributed by atoms with Gasteiger partial charge in [0, 0.05) is 11.8 Å². The molecule has 2 heterocycles. The molecule has 1 aliphatic rings. The first-order chi connectivity index (χ1) is 11.8. The van der Waals surface area contributed by atoms with Gasteiger partial charge < -0.3 is 10.1 Å². The first-order valence-electron chi connectivity index (χ1n) is 8.21. The van der Waals surface area contributed by atoms with Crippen molar-refractivity contribution in [2.24, 2.45) is 5.92 Å². The van der Waals surface area contributed by atoms with Crippen LogP contribution in [0.25, 0.3) is 16.9 Å². The van der Waals surface area contributed by atoms with Gasteiger partial charge in [-0.25, -0.2) is 4.98 Å². The third kappa shape index (κ3) is 3.16. The number of nitrogens with one attached hydrogen (secondary N) is 1. The number of pyridine rings is 1. The number of aromatic nitrogens is 2. The van der Waals surface area contributed by atoms with Gasteiger partial charge in [0.1, 0.15) is 23.8 Å². The lowest BCUT2D eigenvalue weighted by atomic mass is 10.1. The Balaban J connectivity index is 1.61. The summed E-state index contributed by atoms with van der Waals surface area (Å²) in [4.78, 5) is 16.9. The van der Waals surface area contributed by atoms with E-state index in [0.29, 0.717) is 18.3 Å². The Morgan fingerprint density at radius 3 is 2.75 bits per heavy atom. The standard InChI is InChI=1S/C19H19N3O2/c23-17(13-24-12-14-9-10-14)21-19-18(15-6-2-1-3-7-15)20-16-8-4-5-11-22(16)19/h1-8,11,14H,9-10,12-13H2,(H,21,23). The monoisotopic (exact) mass is 321 g/mol. The molecule has 0 radical (unpaired) electrons. The first-order valence-corrected chi connectivity index (χ1v) is 8.21. The molecule has 1 aliphatic carbocycles. The Morgan fingerprint density at radius 1 is 1.17 bits per heavy atom. The maximum Gasteiger partial charge on any atom is 0.251 e. The van der Waals surface area contributed by atoms with E-state index < -0.39 is 0 Å². The molecule has 122 valence electrons. The van der Waals surface area contributed by atoms with Gasteiger partial charge >= 0.3 is 0 Å². The molecule has 0 spiro atoms. The fourth-order valence-corrected chi connectivity index (χ4v) is 2.68. The topological polar surface area (TPSA) is 55.6 Å². The Morgan fingerprint density at radius 2 is 1.96 bits per heavy atom. The molecule has 5 heteroatoms. The van der Waals surface area contributed by atoms with Crippen LogP contribution in [0, 0.1) is 5.92 Å². The molecule has 5 nitrogen and oxygen atoms in total. The largest absolute Gasteiger partial charge is 0.371 e. The summed E-state index contributed by atoms with van der Waals surface area (Å²) >= 11 is 0. The predicted molar refractivity (Wildman–Crippen MR) is 92.8 cm³/mol. The molecular weight excluding hydrogens is 302 g/mol. The highest BCUT2D eigenvalue weighted by molar-refractivity contribution is 5.95. The number of fused-ring (bicyclic) bond motifs is 1. The lowest BCUT2D eigenvalue weighted by molar-refractivity contribution is -0.120. The zero-order chi connectivity index (χ0) is 16.4. The average molecular weight is 321 g/mol.